The van der Waals surface area contributed by atoms with Crippen LogP contribution in [0.15, 0.2) is 76.5 Å². The first kappa shape index (κ1) is 26.0. The zero-order valence-electron chi connectivity index (χ0n) is 18.6. The van der Waals surface area contributed by atoms with Crippen molar-refractivity contribution in [1.82, 2.24) is 4.31 Å². The van der Waals surface area contributed by atoms with E-state index in [1.165, 1.54) is 40.7 Å². The molecular formula is C23H21ClFN3O6S2. The van der Waals surface area contributed by atoms with Crippen LogP contribution in [0.3, 0.4) is 0 Å². The summed E-state index contributed by atoms with van der Waals surface area (Å²) in [7, 11) is -8.04. The minimum atomic E-state index is -4.11. The predicted molar refractivity (Wildman–Crippen MR) is 133 cm³/mol. The van der Waals surface area contributed by atoms with Gasteiger partial charge in [-0.05, 0) is 54.6 Å². The molecule has 1 heterocycles. The lowest BCUT2D eigenvalue weighted by atomic mass is 10.1. The Morgan fingerprint density at radius 2 is 1.61 bits per heavy atom. The van der Waals surface area contributed by atoms with Crippen LogP contribution in [-0.2, 0) is 24.8 Å². The zero-order valence-corrected chi connectivity index (χ0v) is 21.0. The van der Waals surface area contributed by atoms with Crippen LogP contribution in [0.2, 0.25) is 5.02 Å². The Morgan fingerprint density at radius 3 is 2.31 bits per heavy atom. The second-order valence-electron chi connectivity index (χ2n) is 7.72. The van der Waals surface area contributed by atoms with Gasteiger partial charge in [-0.25, -0.2) is 21.2 Å². The molecule has 0 saturated carbocycles. The maximum Gasteiger partial charge on any atom is 0.261 e. The van der Waals surface area contributed by atoms with Gasteiger partial charge in [0.1, 0.15) is 10.7 Å². The van der Waals surface area contributed by atoms with E-state index < -0.39 is 31.8 Å². The second kappa shape index (κ2) is 10.5. The zero-order chi connectivity index (χ0) is 25.9. The smallest absolute Gasteiger partial charge is 0.261 e. The monoisotopic (exact) mass is 553 g/mol. The summed E-state index contributed by atoms with van der Waals surface area (Å²) >= 11 is 6.17. The minimum Gasteiger partial charge on any atom is -0.379 e. The van der Waals surface area contributed by atoms with Crippen molar-refractivity contribution >= 4 is 48.9 Å². The Bertz CT molecular complexity index is 1490. The molecule has 1 fully saturated rings. The number of halogens is 2. The number of nitrogens with one attached hydrogen (secondary N) is 2. The molecule has 0 aliphatic carbocycles. The van der Waals surface area contributed by atoms with Crippen molar-refractivity contribution in [3.63, 3.8) is 0 Å². The quantitative estimate of drug-likeness (QED) is 0.461. The van der Waals surface area contributed by atoms with E-state index in [-0.39, 0.29) is 58.1 Å². The van der Waals surface area contributed by atoms with Crippen LogP contribution >= 0.6 is 11.6 Å². The number of para-hydroxylation sites is 1. The summed E-state index contributed by atoms with van der Waals surface area (Å²) in [5, 5.41) is 2.58. The summed E-state index contributed by atoms with van der Waals surface area (Å²) in [5.41, 5.74) is 0.109. The Balaban J connectivity index is 1.59. The molecule has 0 aromatic heterocycles. The molecule has 2 N–H and O–H groups in total. The number of anilines is 2. The van der Waals surface area contributed by atoms with Crippen LogP contribution in [0.25, 0.3) is 0 Å². The van der Waals surface area contributed by atoms with Crippen molar-refractivity contribution in [3.05, 3.63) is 83.1 Å². The molecule has 1 amide bonds. The molecule has 13 heteroatoms. The third-order valence-electron chi connectivity index (χ3n) is 5.32. The van der Waals surface area contributed by atoms with Gasteiger partial charge in [0.25, 0.3) is 15.9 Å². The van der Waals surface area contributed by atoms with Gasteiger partial charge in [0, 0.05) is 18.8 Å². The lowest BCUT2D eigenvalue weighted by molar-refractivity contribution is 0.0730. The van der Waals surface area contributed by atoms with Gasteiger partial charge in [-0.2, -0.15) is 4.31 Å². The molecule has 1 aliphatic rings. The van der Waals surface area contributed by atoms with Crippen LogP contribution in [0, 0.1) is 5.82 Å². The van der Waals surface area contributed by atoms with Crippen molar-refractivity contribution in [2.75, 3.05) is 36.3 Å². The summed E-state index contributed by atoms with van der Waals surface area (Å²) in [6.07, 6.45) is 0. The molecule has 9 nitrogen and oxygen atoms in total. The third-order valence-corrected chi connectivity index (χ3v) is 9.08. The second-order valence-corrected chi connectivity index (χ2v) is 11.7. The number of carbonyl (C=O) groups excluding carboxylic acids is 1. The number of hydrogen-bond acceptors (Lipinski definition) is 6. The number of rotatable bonds is 7. The molecule has 4 rings (SSSR count). The molecule has 36 heavy (non-hydrogen) atoms. The fourth-order valence-electron chi connectivity index (χ4n) is 3.49. The molecule has 0 atom stereocenters. The summed E-state index contributed by atoms with van der Waals surface area (Å²) in [6.45, 7) is 0.878. The molecule has 0 spiro atoms. The van der Waals surface area contributed by atoms with E-state index in [0.29, 0.717) is 0 Å². The van der Waals surface area contributed by atoms with Crippen molar-refractivity contribution in [3.8, 4) is 0 Å². The summed E-state index contributed by atoms with van der Waals surface area (Å²) in [6, 6.07) is 14.1. The number of ether oxygens (including phenoxy) is 1. The minimum absolute atomic E-state index is 0.00745. The Hall–Kier alpha value is -3.03. The van der Waals surface area contributed by atoms with Gasteiger partial charge in [0.05, 0.1) is 34.4 Å². The van der Waals surface area contributed by atoms with Crippen LogP contribution in [0.1, 0.15) is 10.4 Å². The standard InChI is InChI=1S/C23H21ClFN3O6S2/c24-20-10-7-17(15-22(20)36(32,33)28-11-13-34-14-12-28)26-23(29)19-3-1-2-4-21(19)27-35(30,31)18-8-5-16(25)6-9-18/h1-10,15,27H,11-14H2,(H,26,29). The first-order chi connectivity index (χ1) is 17.1. The van der Waals surface area contributed by atoms with Gasteiger partial charge in [0.15, 0.2) is 0 Å². The van der Waals surface area contributed by atoms with E-state index in [2.05, 4.69) is 10.0 Å². The van der Waals surface area contributed by atoms with Crippen LogP contribution in [0.4, 0.5) is 15.8 Å². The fourth-order valence-corrected chi connectivity index (χ4v) is 6.48. The number of nitrogens with zero attached hydrogens (tertiary/aromatic N) is 1. The number of carbonyl (C=O) groups is 1. The Morgan fingerprint density at radius 1 is 0.944 bits per heavy atom. The molecule has 0 unspecified atom stereocenters. The maximum absolute atomic E-state index is 13.2. The van der Waals surface area contributed by atoms with Crippen LogP contribution in [0.5, 0.6) is 0 Å². The van der Waals surface area contributed by atoms with E-state index in [1.54, 1.807) is 6.07 Å². The predicted octanol–water partition coefficient (Wildman–Crippen LogP) is 3.55. The van der Waals surface area contributed by atoms with Crippen molar-refractivity contribution in [2.24, 2.45) is 0 Å². The highest BCUT2D eigenvalue weighted by atomic mass is 35.5. The van der Waals surface area contributed by atoms with Crippen molar-refractivity contribution in [2.45, 2.75) is 9.79 Å². The molecule has 3 aromatic rings. The van der Waals surface area contributed by atoms with Crippen molar-refractivity contribution in [1.29, 1.82) is 0 Å². The average molecular weight is 554 g/mol. The first-order valence-electron chi connectivity index (χ1n) is 10.6. The molecule has 1 aliphatic heterocycles. The van der Waals surface area contributed by atoms with Gasteiger partial charge >= 0.3 is 0 Å². The average Bonchev–Trinajstić information content (AvgIpc) is 2.86. The maximum atomic E-state index is 13.2. The molecule has 3 aromatic carbocycles. The summed E-state index contributed by atoms with van der Waals surface area (Å²) < 4.78 is 73.5. The first-order valence-corrected chi connectivity index (χ1v) is 13.9. The van der Waals surface area contributed by atoms with Crippen LogP contribution < -0.4 is 10.0 Å². The Kier molecular flexibility index (Phi) is 7.62. The highest BCUT2D eigenvalue weighted by molar-refractivity contribution is 7.92. The number of benzene rings is 3. The van der Waals surface area contributed by atoms with E-state index in [0.717, 1.165) is 24.3 Å². The number of hydrogen-bond donors (Lipinski definition) is 2. The topological polar surface area (TPSA) is 122 Å². The van der Waals surface area contributed by atoms with Crippen LogP contribution in [-0.4, -0.2) is 53.4 Å². The summed E-state index contributed by atoms with van der Waals surface area (Å²) in [5.74, 6) is -1.28. The molecule has 0 radical (unpaired) electrons. The molecule has 190 valence electrons. The number of amides is 1. The van der Waals surface area contributed by atoms with Gasteiger partial charge in [-0.1, -0.05) is 23.7 Å². The Labute approximate surface area is 212 Å². The molecule has 0 bridgehead atoms. The van der Waals surface area contributed by atoms with E-state index in [1.807, 2.05) is 0 Å². The lowest BCUT2D eigenvalue weighted by Crippen LogP contribution is -2.40. The van der Waals surface area contributed by atoms with Gasteiger partial charge in [-0.15, -0.1) is 0 Å². The van der Waals surface area contributed by atoms with E-state index in [9.17, 15) is 26.0 Å². The summed E-state index contributed by atoms with van der Waals surface area (Å²) in [4.78, 5) is 12.7. The van der Waals surface area contributed by atoms with E-state index in [4.69, 9.17) is 16.3 Å². The van der Waals surface area contributed by atoms with Gasteiger partial charge in [-0.3, -0.25) is 9.52 Å². The number of sulfonamides is 2. The van der Waals surface area contributed by atoms with E-state index >= 15 is 0 Å². The lowest BCUT2D eigenvalue weighted by Gasteiger charge is -2.26. The highest BCUT2D eigenvalue weighted by Gasteiger charge is 2.29. The molecule has 1 saturated heterocycles. The normalized spacial score (nSPS) is 14.8. The largest absolute Gasteiger partial charge is 0.379 e. The fraction of sp³-hybridized carbons (Fsp3) is 0.174. The third kappa shape index (κ3) is 5.68. The van der Waals surface area contributed by atoms with Gasteiger partial charge < -0.3 is 10.1 Å². The number of morpholine rings is 1. The van der Waals surface area contributed by atoms with Gasteiger partial charge in [0.2, 0.25) is 10.0 Å². The molecular weight excluding hydrogens is 533 g/mol. The SMILES string of the molecule is O=C(Nc1ccc(Cl)c(S(=O)(=O)N2CCOCC2)c1)c1ccccc1NS(=O)(=O)c1ccc(F)cc1. The highest BCUT2D eigenvalue weighted by Crippen LogP contribution is 2.29. The van der Waals surface area contributed by atoms with Crippen molar-refractivity contribution < 1.29 is 30.8 Å².